The van der Waals surface area contributed by atoms with Crippen LogP contribution in [0.5, 0.6) is 5.75 Å². The Morgan fingerprint density at radius 3 is 2.30 bits per heavy atom. The first-order valence-electron chi connectivity index (χ1n) is 9.76. The molecule has 0 atom stereocenters. The van der Waals surface area contributed by atoms with Crippen LogP contribution in [0.1, 0.15) is 31.9 Å². The van der Waals surface area contributed by atoms with Gasteiger partial charge in [0.15, 0.2) is 5.75 Å². The highest BCUT2D eigenvalue weighted by molar-refractivity contribution is 9.10. The van der Waals surface area contributed by atoms with E-state index in [2.05, 4.69) is 15.9 Å². The van der Waals surface area contributed by atoms with Gasteiger partial charge in [0, 0.05) is 4.47 Å². The lowest BCUT2D eigenvalue weighted by Gasteiger charge is -2.21. The summed E-state index contributed by atoms with van der Waals surface area (Å²) >= 11 is 16.8. The molecule has 33 heavy (non-hydrogen) atoms. The summed E-state index contributed by atoms with van der Waals surface area (Å²) in [4.78, 5) is 37.9. The van der Waals surface area contributed by atoms with Crippen LogP contribution in [0.3, 0.4) is 0 Å². The summed E-state index contributed by atoms with van der Waals surface area (Å²) in [6.07, 6.45) is 1.50. The van der Waals surface area contributed by atoms with Gasteiger partial charge in [-0.2, -0.15) is 0 Å². The number of nitrogens with zero attached hydrogens (tertiary/aromatic N) is 1. The Hall–Kier alpha value is -2.00. The Balaban J connectivity index is 1.72. The predicted molar refractivity (Wildman–Crippen MR) is 133 cm³/mol. The number of benzene rings is 2. The van der Waals surface area contributed by atoms with E-state index in [1.165, 1.54) is 6.08 Å². The van der Waals surface area contributed by atoms with Crippen LogP contribution in [0.2, 0.25) is 10.0 Å². The summed E-state index contributed by atoms with van der Waals surface area (Å²) in [5.74, 6) is -0.931. The molecule has 0 bridgehead atoms. The Morgan fingerprint density at radius 2 is 1.73 bits per heavy atom. The van der Waals surface area contributed by atoms with Gasteiger partial charge in [-0.15, -0.1) is 0 Å². The number of carbonyl (C=O) groups excluding carboxylic acids is 3. The minimum atomic E-state index is -0.719. The molecule has 0 aromatic heterocycles. The fourth-order valence-electron chi connectivity index (χ4n) is 2.83. The Labute approximate surface area is 214 Å². The molecule has 10 heteroatoms. The van der Waals surface area contributed by atoms with Gasteiger partial charge in [-0.3, -0.25) is 19.3 Å². The highest BCUT2D eigenvalue weighted by atomic mass is 79.9. The number of hydrogen-bond acceptors (Lipinski definition) is 6. The molecule has 1 aliphatic rings. The van der Waals surface area contributed by atoms with Gasteiger partial charge in [0.2, 0.25) is 0 Å². The van der Waals surface area contributed by atoms with Crippen molar-refractivity contribution in [1.82, 2.24) is 4.90 Å². The van der Waals surface area contributed by atoms with E-state index < -0.39 is 29.3 Å². The van der Waals surface area contributed by atoms with Crippen molar-refractivity contribution < 1.29 is 23.9 Å². The molecule has 0 unspecified atom stereocenters. The second-order valence-electron chi connectivity index (χ2n) is 8.08. The molecule has 1 saturated heterocycles. The van der Waals surface area contributed by atoms with Crippen molar-refractivity contribution in [3.05, 3.63) is 66.9 Å². The zero-order valence-electron chi connectivity index (χ0n) is 18.0. The lowest BCUT2D eigenvalue weighted by Crippen LogP contribution is -2.37. The first-order chi connectivity index (χ1) is 15.4. The number of esters is 1. The lowest BCUT2D eigenvalue weighted by molar-refractivity contribution is -0.156. The topological polar surface area (TPSA) is 72.9 Å². The summed E-state index contributed by atoms with van der Waals surface area (Å²) < 4.78 is 11.9. The standard InChI is InChI=1S/C23H20BrCl2NO5S/c1-23(2,3)32-19(28)11-27-21(29)18(33-22(27)30)10-14-8-16(25)20(17(26)9-14)31-12-13-4-6-15(24)7-5-13/h4-10H,11-12H2,1-3H3. The van der Waals surface area contributed by atoms with E-state index >= 15 is 0 Å². The molecule has 0 N–H and O–H groups in total. The van der Waals surface area contributed by atoms with Crippen LogP contribution in [-0.2, 0) is 20.9 Å². The lowest BCUT2D eigenvalue weighted by atomic mass is 10.2. The monoisotopic (exact) mass is 571 g/mol. The molecule has 2 aromatic rings. The number of halogens is 3. The predicted octanol–water partition coefficient (Wildman–Crippen LogP) is 6.71. The third-order valence-corrected chi connectivity index (χ3v) is 6.19. The highest BCUT2D eigenvalue weighted by Crippen LogP contribution is 2.38. The van der Waals surface area contributed by atoms with E-state index in [1.54, 1.807) is 32.9 Å². The Kier molecular flexibility index (Phi) is 8.16. The molecule has 1 aliphatic heterocycles. The number of thioether (sulfide) groups is 1. The smallest absolute Gasteiger partial charge is 0.326 e. The summed E-state index contributed by atoms with van der Waals surface area (Å²) in [6, 6.07) is 10.8. The fraction of sp³-hybridized carbons (Fsp3) is 0.261. The second-order valence-corrected chi connectivity index (χ2v) is 10.8. The summed E-state index contributed by atoms with van der Waals surface area (Å²) in [6.45, 7) is 4.94. The summed E-state index contributed by atoms with van der Waals surface area (Å²) in [5, 5.41) is -0.0264. The number of imide groups is 1. The van der Waals surface area contributed by atoms with Gasteiger partial charge >= 0.3 is 5.97 Å². The normalized spacial score (nSPS) is 15.3. The molecular weight excluding hydrogens is 553 g/mol. The van der Waals surface area contributed by atoms with Gasteiger partial charge in [-0.25, -0.2) is 0 Å². The van der Waals surface area contributed by atoms with Crippen LogP contribution in [-0.4, -0.2) is 34.2 Å². The molecule has 1 fully saturated rings. The van der Waals surface area contributed by atoms with Crippen molar-refractivity contribution in [3.63, 3.8) is 0 Å². The summed E-state index contributed by atoms with van der Waals surface area (Å²) in [7, 11) is 0. The third kappa shape index (κ3) is 6.99. The van der Waals surface area contributed by atoms with Gasteiger partial charge in [0.1, 0.15) is 18.8 Å². The van der Waals surface area contributed by atoms with E-state index in [0.717, 1.165) is 26.7 Å². The highest BCUT2D eigenvalue weighted by Gasteiger charge is 2.37. The van der Waals surface area contributed by atoms with Crippen molar-refractivity contribution in [3.8, 4) is 5.75 Å². The zero-order chi connectivity index (χ0) is 24.3. The van der Waals surface area contributed by atoms with Gasteiger partial charge in [0.05, 0.1) is 15.0 Å². The number of rotatable bonds is 6. The first-order valence-corrected chi connectivity index (χ1v) is 12.1. The van der Waals surface area contributed by atoms with Crippen molar-refractivity contribution in [2.75, 3.05) is 6.54 Å². The molecule has 3 rings (SSSR count). The molecule has 0 spiro atoms. The van der Waals surface area contributed by atoms with Crippen LogP contribution < -0.4 is 4.74 Å². The molecule has 0 radical (unpaired) electrons. The van der Waals surface area contributed by atoms with Gasteiger partial charge < -0.3 is 9.47 Å². The average molecular weight is 573 g/mol. The van der Waals surface area contributed by atoms with Gasteiger partial charge in [-0.1, -0.05) is 51.3 Å². The van der Waals surface area contributed by atoms with E-state index in [-0.39, 0.29) is 21.6 Å². The maximum Gasteiger partial charge on any atom is 0.326 e. The molecule has 2 aromatic carbocycles. The van der Waals surface area contributed by atoms with Crippen LogP contribution in [0, 0.1) is 0 Å². The van der Waals surface area contributed by atoms with Crippen molar-refractivity contribution in [2.24, 2.45) is 0 Å². The van der Waals surface area contributed by atoms with E-state index in [1.807, 2.05) is 24.3 Å². The number of carbonyl (C=O) groups is 3. The number of hydrogen-bond donors (Lipinski definition) is 0. The molecule has 1 heterocycles. The molecule has 174 valence electrons. The average Bonchev–Trinajstić information content (AvgIpc) is 2.94. The molecule has 0 saturated carbocycles. The molecule has 6 nitrogen and oxygen atoms in total. The van der Waals surface area contributed by atoms with Crippen molar-refractivity contribution in [2.45, 2.75) is 33.0 Å². The minimum Gasteiger partial charge on any atom is -0.486 e. The van der Waals surface area contributed by atoms with Crippen molar-refractivity contribution in [1.29, 1.82) is 0 Å². The van der Waals surface area contributed by atoms with Gasteiger partial charge in [-0.05, 0) is 74.0 Å². The maximum absolute atomic E-state index is 12.7. The second kappa shape index (κ2) is 10.5. The van der Waals surface area contributed by atoms with Crippen molar-refractivity contribution >= 4 is 74.1 Å². The first kappa shape index (κ1) is 25.6. The third-order valence-electron chi connectivity index (χ3n) is 4.20. The zero-order valence-corrected chi connectivity index (χ0v) is 21.9. The van der Waals surface area contributed by atoms with Crippen LogP contribution >= 0.6 is 50.9 Å². The van der Waals surface area contributed by atoms with Crippen LogP contribution in [0.25, 0.3) is 6.08 Å². The van der Waals surface area contributed by atoms with E-state index in [0.29, 0.717) is 11.3 Å². The Bertz CT molecular complexity index is 1110. The van der Waals surface area contributed by atoms with Gasteiger partial charge in [0.25, 0.3) is 11.1 Å². The Morgan fingerprint density at radius 1 is 1.12 bits per heavy atom. The molecular formula is C23H20BrCl2NO5S. The maximum atomic E-state index is 12.7. The SMILES string of the molecule is CC(C)(C)OC(=O)CN1C(=O)SC(=Cc2cc(Cl)c(OCc3ccc(Br)cc3)c(Cl)c2)C1=O. The number of ether oxygens (including phenoxy) is 2. The molecule has 2 amide bonds. The van der Waals surface area contributed by atoms with Crippen LogP contribution in [0.15, 0.2) is 45.8 Å². The molecule has 0 aliphatic carbocycles. The quantitative estimate of drug-likeness (QED) is 0.283. The van der Waals surface area contributed by atoms with E-state index in [4.69, 9.17) is 32.7 Å². The minimum absolute atomic E-state index is 0.152. The van der Waals surface area contributed by atoms with Crippen LogP contribution in [0.4, 0.5) is 4.79 Å². The van der Waals surface area contributed by atoms with E-state index in [9.17, 15) is 14.4 Å². The summed E-state index contributed by atoms with van der Waals surface area (Å²) in [5.41, 5.74) is 0.737. The largest absolute Gasteiger partial charge is 0.486 e. The number of amides is 2. The fourth-order valence-corrected chi connectivity index (χ4v) is 4.54.